The quantitative estimate of drug-likeness (QED) is 0.744. The van der Waals surface area contributed by atoms with E-state index in [1.165, 1.54) is 0 Å². The predicted octanol–water partition coefficient (Wildman–Crippen LogP) is 2.96. The van der Waals surface area contributed by atoms with Crippen molar-refractivity contribution in [1.29, 1.82) is 0 Å². The zero-order valence-electron chi connectivity index (χ0n) is 14.8. The molecule has 1 amide bonds. The van der Waals surface area contributed by atoms with Crippen LogP contribution in [0.15, 0.2) is 18.2 Å². The molecule has 2 aromatic rings. The third-order valence-corrected chi connectivity index (χ3v) is 5.55. The molecule has 1 aromatic carbocycles. The Balaban J connectivity index is 1.59. The molecule has 0 unspecified atom stereocenters. The Morgan fingerprint density at radius 3 is 2.70 bits per heavy atom. The first-order chi connectivity index (χ1) is 13.0. The van der Waals surface area contributed by atoms with Gasteiger partial charge in [0.05, 0.1) is 17.1 Å². The highest BCUT2D eigenvalue weighted by molar-refractivity contribution is 6.32. The van der Waals surface area contributed by atoms with Crippen molar-refractivity contribution in [1.82, 2.24) is 9.88 Å². The second-order valence-electron chi connectivity index (χ2n) is 7.21. The van der Waals surface area contributed by atoms with E-state index in [9.17, 15) is 9.59 Å². The van der Waals surface area contributed by atoms with E-state index in [-0.39, 0.29) is 12.5 Å². The SMILES string of the molecule is O=C(O)[C@@H]1CCN(C(=O)c2cc3cc(Cl)cc(NC4CCOCC4)c3[nH]2)C1. The number of benzene rings is 1. The van der Waals surface area contributed by atoms with E-state index in [1.807, 2.05) is 12.1 Å². The van der Waals surface area contributed by atoms with Crippen LogP contribution in [0.5, 0.6) is 0 Å². The monoisotopic (exact) mass is 391 g/mol. The minimum atomic E-state index is -0.850. The molecule has 27 heavy (non-hydrogen) atoms. The molecule has 8 heteroatoms. The number of H-pyrrole nitrogens is 1. The number of nitrogens with one attached hydrogen (secondary N) is 2. The predicted molar refractivity (Wildman–Crippen MR) is 102 cm³/mol. The number of hydrogen-bond acceptors (Lipinski definition) is 4. The number of amides is 1. The van der Waals surface area contributed by atoms with Crippen LogP contribution in [0, 0.1) is 5.92 Å². The Morgan fingerprint density at radius 2 is 2.00 bits per heavy atom. The third kappa shape index (κ3) is 3.75. The molecule has 0 saturated carbocycles. The van der Waals surface area contributed by atoms with Gasteiger partial charge in [-0.25, -0.2) is 0 Å². The topological polar surface area (TPSA) is 94.7 Å². The van der Waals surface area contributed by atoms with E-state index in [0.717, 1.165) is 42.6 Å². The summed E-state index contributed by atoms with van der Waals surface area (Å²) in [5, 5.41) is 14.1. The van der Waals surface area contributed by atoms with Crippen molar-refractivity contribution < 1.29 is 19.4 Å². The van der Waals surface area contributed by atoms with Crippen LogP contribution in [0.25, 0.3) is 10.9 Å². The first-order valence-corrected chi connectivity index (χ1v) is 9.57. The Hall–Kier alpha value is -2.25. The number of aromatic nitrogens is 1. The van der Waals surface area contributed by atoms with E-state index < -0.39 is 11.9 Å². The van der Waals surface area contributed by atoms with Gasteiger partial charge in [-0.15, -0.1) is 0 Å². The molecule has 1 aromatic heterocycles. The molecule has 0 bridgehead atoms. The van der Waals surface area contributed by atoms with Crippen LogP contribution in [-0.2, 0) is 9.53 Å². The van der Waals surface area contributed by atoms with E-state index in [4.69, 9.17) is 21.4 Å². The lowest BCUT2D eigenvalue weighted by molar-refractivity contribution is -0.141. The first-order valence-electron chi connectivity index (χ1n) is 9.20. The van der Waals surface area contributed by atoms with E-state index >= 15 is 0 Å². The molecule has 2 aliphatic rings. The molecule has 2 fully saturated rings. The molecule has 3 N–H and O–H groups in total. The number of hydrogen-bond donors (Lipinski definition) is 3. The smallest absolute Gasteiger partial charge is 0.308 e. The standard InChI is InChI=1S/C19H22ClN3O4/c20-13-7-12-8-16(18(24)23-4-1-11(10-23)19(25)26)22-17(12)15(9-13)21-14-2-5-27-6-3-14/h7-9,11,14,21-22H,1-6,10H2,(H,25,26)/t11-/m1/s1. The minimum Gasteiger partial charge on any atom is -0.481 e. The highest BCUT2D eigenvalue weighted by Crippen LogP contribution is 2.31. The van der Waals surface area contributed by atoms with Gasteiger partial charge in [-0.05, 0) is 37.5 Å². The van der Waals surface area contributed by atoms with Crippen molar-refractivity contribution in [3.05, 3.63) is 28.9 Å². The number of rotatable bonds is 4. The number of carboxylic acids is 1. The molecule has 3 heterocycles. The van der Waals surface area contributed by atoms with Crippen LogP contribution >= 0.6 is 11.6 Å². The molecular formula is C19H22ClN3O4. The van der Waals surface area contributed by atoms with Crippen LogP contribution in [0.4, 0.5) is 5.69 Å². The fourth-order valence-electron chi connectivity index (χ4n) is 3.82. The van der Waals surface area contributed by atoms with Crippen molar-refractivity contribution in [2.75, 3.05) is 31.6 Å². The molecule has 0 spiro atoms. The molecular weight excluding hydrogens is 370 g/mol. The molecule has 0 radical (unpaired) electrons. The molecule has 144 valence electrons. The average molecular weight is 392 g/mol. The fraction of sp³-hybridized carbons (Fsp3) is 0.474. The highest BCUT2D eigenvalue weighted by atomic mass is 35.5. The van der Waals surface area contributed by atoms with Gasteiger partial charge in [-0.1, -0.05) is 11.6 Å². The number of halogens is 1. The van der Waals surface area contributed by atoms with Crippen molar-refractivity contribution in [2.45, 2.75) is 25.3 Å². The summed E-state index contributed by atoms with van der Waals surface area (Å²) in [6, 6.07) is 5.77. The number of aliphatic carboxylic acids is 1. The summed E-state index contributed by atoms with van der Waals surface area (Å²) in [7, 11) is 0. The minimum absolute atomic E-state index is 0.178. The molecule has 1 atom stereocenters. The number of ether oxygens (including phenoxy) is 1. The van der Waals surface area contributed by atoms with Crippen LogP contribution < -0.4 is 5.32 Å². The Bertz CT molecular complexity index is 875. The van der Waals surface area contributed by atoms with Crippen molar-refractivity contribution in [2.24, 2.45) is 5.92 Å². The lowest BCUT2D eigenvalue weighted by Crippen LogP contribution is -2.30. The number of likely N-dealkylation sites (tertiary alicyclic amines) is 1. The van der Waals surface area contributed by atoms with Gasteiger partial charge in [0, 0.05) is 42.8 Å². The Labute approximate surface area is 161 Å². The lowest BCUT2D eigenvalue weighted by Gasteiger charge is -2.24. The third-order valence-electron chi connectivity index (χ3n) is 5.33. The van der Waals surface area contributed by atoms with Gasteiger partial charge < -0.3 is 25.0 Å². The van der Waals surface area contributed by atoms with Gasteiger partial charge in [0.25, 0.3) is 5.91 Å². The summed E-state index contributed by atoms with van der Waals surface area (Å²) in [5.74, 6) is -1.52. The van der Waals surface area contributed by atoms with Crippen molar-refractivity contribution >= 4 is 40.1 Å². The van der Waals surface area contributed by atoms with Crippen LogP contribution in [0.3, 0.4) is 0 Å². The molecule has 7 nitrogen and oxygen atoms in total. The summed E-state index contributed by atoms with van der Waals surface area (Å²) < 4.78 is 5.40. The number of carboxylic acid groups (broad SMARTS) is 1. The van der Waals surface area contributed by atoms with Crippen molar-refractivity contribution in [3.8, 4) is 0 Å². The normalized spacial score (nSPS) is 20.9. The van der Waals surface area contributed by atoms with Gasteiger partial charge in [0.1, 0.15) is 5.69 Å². The van der Waals surface area contributed by atoms with Crippen LogP contribution in [0.2, 0.25) is 5.02 Å². The lowest BCUT2D eigenvalue weighted by atomic mass is 10.1. The largest absolute Gasteiger partial charge is 0.481 e. The summed E-state index contributed by atoms with van der Waals surface area (Å²) >= 11 is 6.27. The number of anilines is 1. The fourth-order valence-corrected chi connectivity index (χ4v) is 4.04. The maximum atomic E-state index is 12.8. The van der Waals surface area contributed by atoms with Crippen LogP contribution in [0.1, 0.15) is 29.8 Å². The second-order valence-corrected chi connectivity index (χ2v) is 7.64. The number of aromatic amines is 1. The van der Waals surface area contributed by atoms with Gasteiger partial charge in [0.2, 0.25) is 0 Å². The van der Waals surface area contributed by atoms with Crippen LogP contribution in [-0.4, -0.2) is 59.2 Å². The maximum Gasteiger partial charge on any atom is 0.308 e. The Morgan fingerprint density at radius 1 is 1.22 bits per heavy atom. The second kappa shape index (κ2) is 7.40. The van der Waals surface area contributed by atoms with E-state index in [2.05, 4.69) is 10.3 Å². The number of nitrogens with zero attached hydrogens (tertiary/aromatic N) is 1. The molecule has 2 saturated heterocycles. The molecule has 0 aliphatic carbocycles. The average Bonchev–Trinajstić information content (AvgIpc) is 3.29. The first kappa shape index (κ1) is 18.1. The zero-order valence-corrected chi connectivity index (χ0v) is 15.6. The summed E-state index contributed by atoms with van der Waals surface area (Å²) in [5.41, 5.74) is 2.16. The molecule has 4 rings (SSSR count). The maximum absolute atomic E-state index is 12.8. The zero-order chi connectivity index (χ0) is 19.0. The number of fused-ring (bicyclic) bond motifs is 1. The van der Waals surface area contributed by atoms with Crippen molar-refractivity contribution in [3.63, 3.8) is 0 Å². The highest BCUT2D eigenvalue weighted by Gasteiger charge is 2.32. The Kier molecular flexibility index (Phi) is 4.97. The van der Waals surface area contributed by atoms with Gasteiger partial charge in [-0.3, -0.25) is 9.59 Å². The van der Waals surface area contributed by atoms with E-state index in [1.54, 1.807) is 11.0 Å². The van der Waals surface area contributed by atoms with Gasteiger partial charge in [-0.2, -0.15) is 0 Å². The number of carbonyl (C=O) groups is 2. The summed E-state index contributed by atoms with van der Waals surface area (Å²) in [6.07, 6.45) is 2.33. The van der Waals surface area contributed by atoms with Gasteiger partial charge >= 0.3 is 5.97 Å². The van der Waals surface area contributed by atoms with E-state index in [0.29, 0.717) is 29.7 Å². The van der Waals surface area contributed by atoms with Gasteiger partial charge in [0.15, 0.2) is 0 Å². The number of carbonyl (C=O) groups excluding carboxylic acids is 1. The summed E-state index contributed by atoms with van der Waals surface area (Å²) in [4.78, 5) is 28.7. The summed E-state index contributed by atoms with van der Waals surface area (Å²) in [6.45, 7) is 2.17. The molecule has 2 aliphatic heterocycles.